The van der Waals surface area contributed by atoms with E-state index in [2.05, 4.69) is 22.3 Å². The first-order valence-electron chi connectivity index (χ1n) is 8.97. The van der Waals surface area contributed by atoms with Gasteiger partial charge in [0.1, 0.15) is 12.1 Å². The molecule has 2 aliphatic rings. The maximum Gasteiger partial charge on any atom is 0.278 e. The molecule has 132 valence electrons. The molecule has 2 saturated heterocycles. The topological polar surface area (TPSA) is 71.3 Å². The van der Waals surface area contributed by atoms with Crippen LogP contribution in [0.3, 0.4) is 0 Å². The number of likely N-dealkylation sites (tertiary alicyclic amines) is 2. The van der Waals surface area contributed by atoms with Crippen LogP contribution in [-0.4, -0.2) is 62.9 Å². The van der Waals surface area contributed by atoms with Crippen molar-refractivity contribution in [2.24, 2.45) is 0 Å². The number of amides is 1. The summed E-state index contributed by atoms with van der Waals surface area (Å²) in [6.07, 6.45) is 4.40. The van der Waals surface area contributed by atoms with Gasteiger partial charge in [-0.05, 0) is 51.4 Å². The maximum absolute atomic E-state index is 12.9. The minimum absolute atomic E-state index is 0.0329. The third-order valence-electron chi connectivity index (χ3n) is 5.55. The Hall–Kier alpha value is -2.28. The zero-order valence-corrected chi connectivity index (χ0v) is 14.5. The Morgan fingerprint density at radius 3 is 2.72 bits per heavy atom. The van der Waals surface area contributed by atoms with E-state index in [0.29, 0.717) is 16.9 Å². The van der Waals surface area contributed by atoms with Crippen LogP contribution in [0.15, 0.2) is 29.1 Å². The Labute approximate surface area is 146 Å². The van der Waals surface area contributed by atoms with Crippen LogP contribution in [0.2, 0.25) is 0 Å². The highest BCUT2D eigenvalue weighted by molar-refractivity contribution is 5.78. The van der Waals surface area contributed by atoms with Crippen LogP contribution in [0, 0.1) is 0 Å². The average Bonchev–Trinajstić information content (AvgIpc) is 3.26. The molecule has 25 heavy (non-hydrogen) atoms. The van der Waals surface area contributed by atoms with Gasteiger partial charge >= 0.3 is 0 Å². The maximum atomic E-state index is 12.9. The quantitative estimate of drug-likeness (QED) is 0.829. The van der Waals surface area contributed by atoms with Crippen LogP contribution in [0.25, 0.3) is 10.9 Å². The van der Waals surface area contributed by atoms with Crippen molar-refractivity contribution in [1.82, 2.24) is 24.8 Å². The SMILES string of the molecule is CN1CCCC1C1CCCN1C(=O)Cn1nnc2ccccc2c1=O. The largest absolute Gasteiger partial charge is 0.337 e. The molecule has 0 saturated carbocycles. The summed E-state index contributed by atoms with van der Waals surface area (Å²) in [6.45, 7) is 1.83. The molecule has 0 bridgehead atoms. The molecule has 0 N–H and O–H groups in total. The minimum Gasteiger partial charge on any atom is -0.337 e. The molecule has 2 aliphatic heterocycles. The Balaban J connectivity index is 1.55. The molecule has 0 spiro atoms. The first-order valence-corrected chi connectivity index (χ1v) is 8.97. The monoisotopic (exact) mass is 341 g/mol. The first-order chi connectivity index (χ1) is 12.1. The summed E-state index contributed by atoms with van der Waals surface area (Å²) in [4.78, 5) is 29.7. The summed E-state index contributed by atoms with van der Waals surface area (Å²) in [5.74, 6) is -0.0329. The van der Waals surface area contributed by atoms with Gasteiger partial charge in [0.15, 0.2) is 0 Å². The molecular formula is C18H23N5O2. The second-order valence-corrected chi connectivity index (χ2v) is 7.06. The fourth-order valence-corrected chi connectivity index (χ4v) is 4.27. The predicted octanol–water partition coefficient (Wildman–Crippen LogP) is 0.877. The van der Waals surface area contributed by atoms with E-state index >= 15 is 0 Å². The van der Waals surface area contributed by atoms with Crippen molar-refractivity contribution in [3.8, 4) is 0 Å². The van der Waals surface area contributed by atoms with E-state index in [1.165, 1.54) is 11.1 Å². The number of hydrogen-bond acceptors (Lipinski definition) is 5. The molecule has 1 amide bonds. The highest BCUT2D eigenvalue weighted by Crippen LogP contribution is 2.29. The molecule has 1 aromatic heterocycles. The molecule has 7 heteroatoms. The highest BCUT2D eigenvalue weighted by atomic mass is 16.2. The molecule has 1 aromatic carbocycles. The lowest BCUT2D eigenvalue weighted by molar-refractivity contribution is -0.133. The standard InChI is InChI=1S/C18H23N5O2/c1-21-10-4-8-15(21)16-9-5-11-22(16)17(24)12-23-18(25)13-6-2-3-7-14(13)19-20-23/h2-3,6-7,15-16H,4-5,8-12H2,1H3. The van der Waals surface area contributed by atoms with Gasteiger partial charge in [-0.2, -0.15) is 0 Å². The van der Waals surface area contributed by atoms with Gasteiger partial charge in [0, 0.05) is 18.6 Å². The van der Waals surface area contributed by atoms with Crippen molar-refractivity contribution < 1.29 is 4.79 Å². The van der Waals surface area contributed by atoms with Crippen LogP contribution in [-0.2, 0) is 11.3 Å². The normalized spacial score (nSPS) is 24.3. The van der Waals surface area contributed by atoms with Crippen LogP contribution >= 0.6 is 0 Å². The second kappa shape index (κ2) is 6.55. The van der Waals surface area contributed by atoms with E-state index in [9.17, 15) is 9.59 Å². The van der Waals surface area contributed by atoms with Crippen molar-refractivity contribution in [3.05, 3.63) is 34.6 Å². The van der Waals surface area contributed by atoms with Crippen molar-refractivity contribution >= 4 is 16.8 Å². The summed E-state index contributed by atoms with van der Waals surface area (Å²) in [7, 11) is 2.14. The van der Waals surface area contributed by atoms with Gasteiger partial charge < -0.3 is 9.80 Å². The van der Waals surface area contributed by atoms with Crippen molar-refractivity contribution in [1.29, 1.82) is 0 Å². The Morgan fingerprint density at radius 1 is 1.16 bits per heavy atom. The van der Waals surface area contributed by atoms with Crippen molar-refractivity contribution in [2.75, 3.05) is 20.1 Å². The van der Waals surface area contributed by atoms with Gasteiger partial charge in [-0.1, -0.05) is 17.3 Å². The van der Waals surface area contributed by atoms with Gasteiger partial charge in [-0.25, -0.2) is 4.68 Å². The highest BCUT2D eigenvalue weighted by Gasteiger charge is 2.38. The van der Waals surface area contributed by atoms with Crippen LogP contribution in [0.4, 0.5) is 0 Å². The Bertz CT molecular complexity index is 849. The van der Waals surface area contributed by atoms with Gasteiger partial charge in [-0.3, -0.25) is 9.59 Å². The smallest absolute Gasteiger partial charge is 0.278 e. The van der Waals surface area contributed by atoms with Crippen molar-refractivity contribution in [2.45, 2.75) is 44.3 Å². The lowest BCUT2D eigenvalue weighted by Crippen LogP contribution is -2.48. The summed E-state index contributed by atoms with van der Waals surface area (Å²) in [5, 5.41) is 8.51. The number of hydrogen-bond donors (Lipinski definition) is 0. The van der Waals surface area contributed by atoms with Gasteiger partial charge in [0.05, 0.1) is 5.39 Å². The van der Waals surface area contributed by atoms with E-state index in [1.54, 1.807) is 18.2 Å². The third-order valence-corrected chi connectivity index (χ3v) is 5.55. The number of benzene rings is 1. The van der Waals surface area contributed by atoms with Crippen LogP contribution < -0.4 is 5.56 Å². The molecular weight excluding hydrogens is 318 g/mol. The number of aromatic nitrogens is 3. The fourth-order valence-electron chi connectivity index (χ4n) is 4.27. The number of carbonyl (C=O) groups excluding carboxylic acids is 1. The molecule has 4 rings (SSSR count). The lowest BCUT2D eigenvalue weighted by atomic mass is 10.0. The summed E-state index contributed by atoms with van der Waals surface area (Å²) in [6, 6.07) is 7.78. The number of fused-ring (bicyclic) bond motifs is 1. The minimum atomic E-state index is -0.257. The molecule has 2 aromatic rings. The fraction of sp³-hybridized carbons (Fsp3) is 0.556. The average molecular weight is 341 g/mol. The van der Waals surface area contributed by atoms with Crippen LogP contribution in [0.5, 0.6) is 0 Å². The van der Waals surface area contributed by atoms with E-state index < -0.39 is 0 Å². The molecule has 2 atom stereocenters. The van der Waals surface area contributed by atoms with Crippen LogP contribution in [0.1, 0.15) is 25.7 Å². The molecule has 7 nitrogen and oxygen atoms in total. The molecule has 2 unspecified atom stereocenters. The predicted molar refractivity (Wildman–Crippen MR) is 94.2 cm³/mol. The molecule has 3 heterocycles. The van der Waals surface area contributed by atoms with Gasteiger partial charge in [-0.15, -0.1) is 5.10 Å². The Morgan fingerprint density at radius 2 is 1.92 bits per heavy atom. The van der Waals surface area contributed by atoms with E-state index in [-0.39, 0.29) is 24.1 Å². The lowest BCUT2D eigenvalue weighted by Gasteiger charge is -2.33. The second-order valence-electron chi connectivity index (χ2n) is 7.06. The third kappa shape index (κ3) is 2.93. The van der Waals surface area contributed by atoms with Gasteiger partial charge in [0.25, 0.3) is 5.56 Å². The summed E-state index contributed by atoms with van der Waals surface area (Å²) >= 11 is 0. The molecule has 2 fully saturated rings. The van der Waals surface area contributed by atoms with Gasteiger partial charge in [0.2, 0.25) is 5.91 Å². The summed E-state index contributed by atoms with van der Waals surface area (Å²) in [5.41, 5.74) is 0.301. The summed E-state index contributed by atoms with van der Waals surface area (Å²) < 4.78 is 1.19. The van der Waals surface area contributed by atoms with E-state index in [4.69, 9.17) is 0 Å². The number of nitrogens with zero attached hydrogens (tertiary/aromatic N) is 5. The first kappa shape index (κ1) is 16.2. The number of likely N-dealkylation sites (N-methyl/N-ethyl adjacent to an activating group) is 1. The number of rotatable bonds is 3. The number of carbonyl (C=O) groups is 1. The zero-order chi connectivity index (χ0) is 17.4. The Kier molecular flexibility index (Phi) is 4.25. The molecule has 0 aliphatic carbocycles. The van der Waals surface area contributed by atoms with E-state index in [1.807, 2.05) is 11.0 Å². The zero-order valence-electron chi connectivity index (χ0n) is 14.5. The van der Waals surface area contributed by atoms with E-state index in [0.717, 1.165) is 32.4 Å². The molecule has 0 radical (unpaired) electrons. The van der Waals surface area contributed by atoms with Crippen molar-refractivity contribution in [3.63, 3.8) is 0 Å².